The largest absolute Gasteiger partial charge is 0.395 e. The van der Waals surface area contributed by atoms with Crippen molar-refractivity contribution in [2.24, 2.45) is 0 Å². The van der Waals surface area contributed by atoms with Gasteiger partial charge in [0, 0.05) is 18.7 Å². The molecule has 6 heteroatoms. The van der Waals surface area contributed by atoms with Crippen LogP contribution in [0.4, 0.5) is 0 Å². The third-order valence-corrected chi connectivity index (χ3v) is 4.68. The van der Waals surface area contributed by atoms with Crippen LogP contribution >= 0.6 is 0 Å². The van der Waals surface area contributed by atoms with Gasteiger partial charge >= 0.3 is 0 Å². The number of hydrogen-bond acceptors (Lipinski definition) is 4. The van der Waals surface area contributed by atoms with E-state index in [-0.39, 0.29) is 18.1 Å². The second kappa shape index (κ2) is 6.68. The molecule has 0 radical (unpaired) electrons. The second-order valence-electron chi connectivity index (χ2n) is 4.04. The molecule has 0 spiro atoms. The van der Waals surface area contributed by atoms with E-state index in [1.165, 1.54) is 19.2 Å². The Kier molecular flexibility index (Phi) is 5.51. The smallest absolute Gasteiger partial charge is 0.243 e. The van der Waals surface area contributed by atoms with Crippen molar-refractivity contribution in [3.8, 4) is 11.8 Å². The maximum absolute atomic E-state index is 12.3. The minimum atomic E-state index is -3.65. The van der Waals surface area contributed by atoms with E-state index in [0.717, 1.165) is 4.31 Å². The number of likely N-dealkylation sites (N-methyl/N-ethyl adjacent to an activating group) is 1. The molecule has 0 aliphatic carbocycles. The van der Waals surface area contributed by atoms with Gasteiger partial charge in [-0.2, -0.15) is 4.31 Å². The predicted octanol–water partition coefficient (Wildman–Crippen LogP) is 0.0317. The topological polar surface area (TPSA) is 77.8 Å². The van der Waals surface area contributed by atoms with Crippen LogP contribution in [-0.4, -0.2) is 49.2 Å². The van der Waals surface area contributed by atoms with Gasteiger partial charge in [-0.05, 0) is 25.1 Å². The van der Waals surface area contributed by atoms with Crippen LogP contribution in [0.3, 0.4) is 0 Å². The molecule has 0 saturated carbocycles. The fourth-order valence-electron chi connectivity index (χ4n) is 1.39. The minimum Gasteiger partial charge on any atom is -0.395 e. The molecule has 0 aromatic heterocycles. The van der Waals surface area contributed by atoms with Crippen molar-refractivity contribution in [2.45, 2.75) is 17.9 Å². The van der Waals surface area contributed by atoms with Gasteiger partial charge in [-0.1, -0.05) is 17.9 Å². The first kappa shape index (κ1) is 15.7. The van der Waals surface area contributed by atoms with Crippen molar-refractivity contribution < 1.29 is 18.6 Å². The molecule has 1 unspecified atom stereocenters. The van der Waals surface area contributed by atoms with Crippen LogP contribution in [0.1, 0.15) is 12.5 Å². The normalized spacial score (nSPS) is 12.9. The molecule has 5 nitrogen and oxygen atoms in total. The molecular formula is C13H17NO4S. The Bertz CT molecular complexity index is 586. The molecule has 1 rings (SSSR count). The highest BCUT2D eigenvalue weighted by molar-refractivity contribution is 7.89. The van der Waals surface area contributed by atoms with Crippen molar-refractivity contribution in [1.29, 1.82) is 0 Å². The van der Waals surface area contributed by atoms with E-state index in [4.69, 9.17) is 10.2 Å². The molecule has 0 fully saturated rings. The van der Waals surface area contributed by atoms with Crippen molar-refractivity contribution in [3.63, 3.8) is 0 Å². The fourth-order valence-corrected chi connectivity index (χ4v) is 2.79. The molecule has 0 bridgehead atoms. The van der Waals surface area contributed by atoms with E-state index in [0.29, 0.717) is 5.56 Å². The van der Waals surface area contributed by atoms with Gasteiger partial charge in [0.2, 0.25) is 10.0 Å². The summed E-state index contributed by atoms with van der Waals surface area (Å²) in [6, 6.07) is 5.67. The number of aliphatic hydroxyl groups is 2. The van der Waals surface area contributed by atoms with Crippen molar-refractivity contribution in [2.75, 3.05) is 20.3 Å². The van der Waals surface area contributed by atoms with Gasteiger partial charge in [-0.25, -0.2) is 8.42 Å². The quantitative estimate of drug-likeness (QED) is 0.764. The summed E-state index contributed by atoms with van der Waals surface area (Å²) in [5.74, 6) is 5.12. The zero-order valence-corrected chi connectivity index (χ0v) is 11.7. The Labute approximate surface area is 113 Å². The van der Waals surface area contributed by atoms with Crippen LogP contribution in [0.5, 0.6) is 0 Å². The summed E-state index contributed by atoms with van der Waals surface area (Å²) >= 11 is 0. The van der Waals surface area contributed by atoms with Crippen molar-refractivity contribution in [3.05, 3.63) is 29.8 Å². The van der Waals surface area contributed by atoms with E-state index in [1.54, 1.807) is 19.1 Å². The monoisotopic (exact) mass is 283 g/mol. The van der Waals surface area contributed by atoms with Gasteiger partial charge in [0.25, 0.3) is 0 Å². The number of rotatable bonds is 4. The Balaban J connectivity index is 3.15. The molecule has 0 amide bonds. The van der Waals surface area contributed by atoms with Gasteiger partial charge in [0.05, 0.1) is 11.5 Å². The van der Waals surface area contributed by atoms with E-state index in [1.807, 2.05) is 0 Å². The SMILES string of the molecule is CC(CO)N(C)S(=O)(=O)c1cccc(C#CCO)c1. The molecule has 0 heterocycles. The molecule has 0 aliphatic heterocycles. The highest BCUT2D eigenvalue weighted by atomic mass is 32.2. The van der Waals surface area contributed by atoms with Gasteiger partial charge in [0.15, 0.2) is 0 Å². The van der Waals surface area contributed by atoms with E-state index in [9.17, 15) is 8.42 Å². The summed E-state index contributed by atoms with van der Waals surface area (Å²) in [6.07, 6.45) is 0. The highest BCUT2D eigenvalue weighted by Gasteiger charge is 2.24. The Morgan fingerprint density at radius 2 is 2.05 bits per heavy atom. The lowest BCUT2D eigenvalue weighted by atomic mass is 10.2. The zero-order valence-electron chi connectivity index (χ0n) is 10.9. The lowest BCUT2D eigenvalue weighted by Gasteiger charge is -2.22. The van der Waals surface area contributed by atoms with Crippen LogP contribution in [0.2, 0.25) is 0 Å². The number of aliphatic hydroxyl groups excluding tert-OH is 2. The number of sulfonamides is 1. The Morgan fingerprint density at radius 3 is 2.63 bits per heavy atom. The minimum absolute atomic E-state index is 0.111. The summed E-state index contributed by atoms with van der Waals surface area (Å²) in [5, 5.41) is 17.7. The van der Waals surface area contributed by atoms with Crippen LogP contribution in [-0.2, 0) is 10.0 Å². The molecule has 0 aliphatic rings. The summed E-state index contributed by atoms with van der Waals surface area (Å²) in [6.45, 7) is 1.09. The maximum atomic E-state index is 12.3. The predicted molar refractivity (Wildman–Crippen MR) is 71.9 cm³/mol. The first-order valence-corrected chi connectivity index (χ1v) is 7.16. The van der Waals surface area contributed by atoms with E-state index >= 15 is 0 Å². The van der Waals surface area contributed by atoms with Gasteiger partial charge in [-0.15, -0.1) is 0 Å². The summed E-state index contributed by atoms with van der Waals surface area (Å²) in [4.78, 5) is 0.111. The van der Waals surface area contributed by atoms with Crippen molar-refractivity contribution >= 4 is 10.0 Å². The molecular weight excluding hydrogens is 266 g/mol. The summed E-state index contributed by atoms with van der Waals surface area (Å²) in [7, 11) is -2.24. The zero-order chi connectivity index (χ0) is 14.5. The van der Waals surface area contributed by atoms with E-state index in [2.05, 4.69) is 11.8 Å². The van der Waals surface area contributed by atoms with Crippen molar-refractivity contribution in [1.82, 2.24) is 4.31 Å². The van der Waals surface area contributed by atoms with Gasteiger partial charge in [-0.3, -0.25) is 0 Å². The number of benzene rings is 1. The average molecular weight is 283 g/mol. The maximum Gasteiger partial charge on any atom is 0.243 e. The van der Waals surface area contributed by atoms with Crippen LogP contribution < -0.4 is 0 Å². The fraction of sp³-hybridized carbons (Fsp3) is 0.385. The molecule has 2 N–H and O–H groups in total. The second-order valence-corrected chi connectivity index (χ2v) is 6.04. The van der Waals surface area contributed by atoms with Gasteiger partial charge < -0.3 is 10.2 Å². The molecule has 104 valence electrons. The summed E-state index contributed by atoms with van der Waals surface area (Å²) in [5.41, 5.74) is 0.514. The lowest BCUT2D eigenvalue weighted by molar-refractivity contribution is 0.214. The van der Waals surface area contributed by atoms with E-state index < -0.39 is 16.1 Å². The standard InChI is InChI=1S/C13H17NO4S/c1-11(10-16)14(2)19(17,18)13-7-3-5-12(9-13)6-4-8-15/h3,5,7,9,11,15-16H,8,10H2,1-2H3. The average Bonchev–Trinajstić information content (AvgIpc) is 2.43. The summed E-state index contributed by atoms with van der Waals surface area (Å²) < 4.78 is 25.7. The third-order valence-electron chi connectivity index (χ3n) is 2.71. The third kappa shape index (κ3) is 3.78. The molecule has 19 heavy (non-hydrogen) atoms. The van der Waals surface area contributed by atoms with Crippen LogP contribution in [0.15, 0.2) is 29.2 Å². The van der Waals surface area contributed by atoms with Crippen LogP contribution in [0, 0.1) is 11.8 Å². The number of hydrogen-bond donors (Lipinski definition) is 2. The lowest BCUT2D eigenvalue weighted by Crippen LogP contribution is -2.37. The van der Waals surface area contributed by atoms with Gasteiger partial charge in [0.1, 0.15) is 6.61 Å². The first-order chi connectivity index (χ1) is 8.93. The Hall–Kier alpha value is -1.39. The molecule has 0 saturated heterocycles. The highest BCUT2D eigenvalue weighted by Crippen LogP contribution is 2.17. The Morgan fingerprint density at radius 1 is 1.37 bits per heavy atom. The van der Waals surface area contributed by atoms with Crippen LogP contribution in [0.25, 0.3) is 0 Å². The molecule has 1 aromatic rings. The molecule has 1 atom stereocenters. The number of nitrogens with zero attached hydrogens (tertiary/aromatic N) is 1. The first-order valence-electron chi connectivity index (χ1n) is 5.72. The molecule has 1 aromatic carbocycles.